The molecule has 17 heavy (non-hydrogen) atoms. The van der Waals surface area contributed by atoms with Crippen LogP contribution < -0.4 is 0 Å². The van der Waals surface area contributed by atoms with E-state index in [2.05, 4.69) is 0 Å². The number of rotatable bonds is 3. The molecule has 0 amide bonds. The minimum atomic E-state index is -3.52. The monoisotopic (exact) mass is 256 g/mol. The van der Waals surface area contributed by atoms with Gasteiger partial charge in [0, 0.05) is 0 Å². The van der Waals surface area contributed by atoms with Gasteiger partial charge in [-0.15, -0.1) is 0 Å². The third kappa shape index (κ3) is 2.38. The average molecular weight is 256 g/mol. The van der Waals surface area contributed by atoms with Crippen LogP contribution in [0.2, 0.25) is 0 Å². The molecule has 0 aliphatic heterocycles. The molecule has 1 rings (SSSR count). The maximum Gasteiger partial charge on any atom is 0.186 e. The van der Waals surface area contributed by atoms with Gasteiger partial charge in [-0.2, -0.15) is 0 Å². The molecule has 0 radical (unpaired) electrons. The third-order valence-electron chi connectivity index (χ3n) is 2.98. The minimum absolute atomic E-state index is 0.349. The van der Waals surface area contributed by atoms with E-state index in [-0.39, 0.29) is 6.61 Å². The van der Waals surface area contributed by atoms with Gasteiger partial charge in [-0.05, 0) is 45.7 Å². The summed E-state index contributed by atoms with van der Waals surface area (Å²) in [5, 5.41) is 9.25. The highest BCUT2D eigenvalue weighted by Crippen LogP contribution is 2.30. The van der Waals surface area contributed by atoms with Gasteiger partial charge in [0.2, 0.25) is 0 Å². The lowest BCUT2D eigenvalue weighted by Gasteiger charge is -2.24. The number of sulfone groups is 1. The molecule has 0 fully saturated rings. The highest BCUT2D eigenvalue weighted by molar-refractivity contribution is 7.93. The second-order valence-electron chi connectivity index (χ2n) is 5.15. The standard InChI is InChI=1S/C13H20O3S/c1-9-6-10(2)12(11(3)7-9)17(15,16)13(4,5)8-14/h6-7,14H,8H2,1-5H3. The van der Waals surface area contributed by atoms with E-state index in [0.29, 0.717) is 4.90 Å². The van der Waals surface area contributed by atoms with Gasteiger partial charge in [-0.1, -0.05) is 17.7 Å². The number of aliphatic hydroxyl groups excluding tert-OH is 1. The van der Waals surface area contributed by atoms with Crippen molar-refractivity contribution in [1.29, 1.82) is 0 Å². The van der Waals surface area contributed by atoms with Crippen LogP contribution in [0.25, 0.3) is 0 Å². The Morgan fingerprint density at radius 1 is 1.12 bits per heavy atom. The molecule has 0 aliphatic carbocycles. The average Bonchev–Trinajstić information content (AvgIpc) is 2.15. The van der Waals surface area contributed by atoms with Gasteiger partial charge in [0.1, 0.15) is 0 Å². The summed E-state index contributed by atoms with van der Waals surface area (Å²) >= 11 is 0. The Labute approximate surface area is 103 Å². The molecule has 0 aliphatic rings. The van der Waals surface area contributed by atoms with Gasteiger partial charge in [-0.3, -0.25) is 0 Å². The van der Waals surface area contributed by atoms with E-state index in [1.165, 1.54) is 0 Å². The zero-order chi connectivity index (χ0) is 13.4. The van der Waals surface area contributed by atoms with Crippen LogP contribution in [0.15, 0.2) is 17.0 Å². The van der Waals surface area contributed by atoms with Crippen LogP contribution in [0.3, 0.4) is 0 Å². The van der Waals surface area contributed by atoms with Crippen molar-refractivity contribution < 1.29 is 13.5 Å². The fraction of sp³-hybridized carbons (Fsp3) is 0.538. The first-order valence-electron chi connectivity index (χ1n) is 5.57. The first-order chi connectivity index (χ1) is 7.63. The molecule has 0 unspecified atom stereocenters. The van der Waals surface area contributed by atoms with E-state index in [4.69, 9.17) is 0 Å². The molecule has 0 saturated heterocycles. The number of hydrogen-bond acceptors (Lipinski definition) is 3. The Morgan fingerprint density at radius 3 is 1.88 bits per heavy atom. The molecule has 0 bridgehead atoms. The summed E-state index contributed by atoms with van der Waals surface area (Å²) in [4.78, 5) is 0.349. The van der Waals surface area contributed by atoms with Crippen LogP contribution in [-0.2, 0) is 9.84 Å². The summed E-state index contributed by atoms with van der Waals surface area (Å²) in [6.45, 7) is 8.22. The third-order valence-corrected chi connectivity index (χ3v) is 5.75. The van der Waals surface area contributed by atoms with Crippen molar-refractivity contribution in [3.05, 3.63) is 28.8 Å². The summed E-state index contributed by atoms with van der Waals surface area (Å²) in [5.74, 6) is 0. The van der Waals surface area contributed by atoms with Gasteiger partial charge >= 0.3 is 0 Å². The molecule has 4 heteroatoms. The molecular weight excluding hydrogens is 236 g/mol. The molecule has 0 atom stereocenters. The lowest BCUT2D eigenvalue weighted by Crippen LogP contribution is -2.36. The number of aryl methyl sites for hydroxylation is 3. The van der Waals surface area contributed by atoms with Crippen molar-refractivity contribution in [2.45, 2.75) is 44.3 Å². The second kappa shape index (κ2) is 4.42. The van der Waals surface area contributed by atoms with Crippen molar-refractivity contribution in [3.63, 3.8) is 0 Å². The molecule has 0 spiro atoms. The number of hydrogen-bond donors (Lipinski definition) is 1. The molecule has 1 N–H and O–H groups in total. The lowest BCUT2D eigenvalue weighted by atomic mass is 10.1. The Balaban J connectivity index is 3.56. The molecule has 3 nitrogen and oxygen atoms in total. The normalized spacial score (nSPS) is 12.8. The first-order valence-corrected chi connectivity index (χ1v) is 7.05. The van der Waals surface area contributed by atoms with E-state index in [0.717, 1.165) is 16.7 Å². The second-order valence-corrected chi connectivity index (χ2v) is 7.67. The van der Waals surface area contributed by atoms with E-state index < -0.39 is 14.6 Å². The van der Waals surface area contributed by atoms with Crippen molar-refractivity contribution in [2.24, 2.45) is 0 Å². The maximum absolute atomic E-state index is 12.5. The van der Waals surface area contributed by atoms with Crippen molar-refractivity contribution in [3.8, 4) is 0 Å². The van der Waals surface area contributed by atoms with Gasteiger partial charge < -0.3 is 5.11 Å². The fourth-order valence-corrected chi connectivity index (χ4v) is 3.64. The molecule has 0 heterocycles. The zero-order valence-electron chi connectivity index (χ0n) is 11.0. The summed E-state index contributed by atoms with van der Waals surface area (Å²) < 4.78 is 23.8. The predicted octanol–water partition coefficient (Wildman–Crippen LogP) is 2.16. The van der Waals surface area contributed by atoms with Crippen molar-refractivity contribution in [1.82, 2.24) is 0 Å². The Hall–Kier alpha value is -0.870. The van der Waals surface area contributed by atoms with Gasteiger partial charge in [0.25, 0.3) is 0 Å². The summed E-state index contributed by atoms with van der Waals surface area (Å²) in [7, 11) is -3.52. The highest BCUT2D eigenvalue weighted by atomic mass is 32.2. The molecule has 0 aromatic heterocycles. The van der Waals surface area contributed by atoms with Crippen LogP contribution in [0.5, 0.6) is 0 Å². The van der Waals surface area contributed by atoms with Gasteiger partial charge in [0.05, 0.1) is 16.2 Å². The van der Waals surface area contributed by atoms with Crippen LogP contribution in [-0.4, -0.2) is 24.9 Å². The Bertz CT molecular complexity index is 505. The minimum Gasteiger partial charge on any atom is -0.395 e. The van der Waals surface area contributed by atoms with Crippen LogP contribution in [0, 0.1) is 20.8 Å². The molecule has 0 saturated carbocycles. The molecular formula is C13H20O3S. The summed E-state index contributed by atoms with van der Waals surface area (Å²) in [6, 6.07) is 3.71. The van der Waals surface area contributed by atoms with Crippen molar-refractivity contribution >= 4 is 9.84 Å². The Morgan fingerprint density at radius 2 is 1.53 bits per heavy atom. The Kier molecular flexibility index (Phi) is 3.69. The van der Waals surface area contributed by atoms with E-state index in [1.54, 1.807) is 27.7 Å². The van der Waals surface area contributed by atoms with Crippen LogP contribution in [0.4, 0.5) is 0 Å². The first kappa shape index (κ1) is 14.2. The highest BCUT2D eigenvalue weighted by Gasteiger charge is 2.37. The van der Waals surface area contributed by atoms with E-state index >= 15 is 0 Å². The zero-order valence-corrected chi connectivity index (χ0v) is 11.9. The largest absolute Gasteiger partial charge is 0.395 e. The SMILES string of the molecule is Cc1cc(C)c(S(=O)(=O)C(C)(C)CO)c(C)c1. The summed E-state index contributed by atoms with van der Waals surface area (Å²) in [6.07, 6.45) is 0. The van der Waals surface area contributed by atoms with Gasteiger partial charge in [0.15, 0.2) is 9.84 Å². The van der Waals surface area contributed by atoms with Crippen LogP contribution in [0.1, 0.15) is 30.5 Å². The molecule has 1 aromatic carbocycles. The van der Waals surface area contributed by atoms with E-state index in [9.17, 15) is 13.5 Å². The number of benzene rings is 1. The van der Waals surface area contributed by atoms with Crippen molar-refractivity contribution in [2.75, 3.05) is 6.61 Å². The molecule has 96 valence electrons. The fourth-order valence-electron chi connectivity index (χ4n) is 1.95. The smallest absolute Gasteiger partial charge is 0.186 e. The number of aliphatic hydroxyl groups is 1. The lowest BCUT2D eigenvalue weighted by molar-refractivity contribution is 0.258. The maximum atomic E-state index is 12.5. The predicted molar refractivity (Wildman–Crippen MR) is 69.0 cm³/mol. The van der Waals surface area contributed by atoms with Gasteiger partial charge in [-0.25, -0.2) is 8.42 Å². The topological polar surface area (TPSA) is 54.4 Å². The van der Waals surface area contributed by atoms with Crippen LogP contribution >= 0.6 is 0 Å². The quantitative estimate of drug-likeness (QED) is 0.901. The molecule has 1 aromatic rings. The summed E-state index contributed by atoms with van der Waals surface area (Å²) in [5.41, 5.74) is 2.52. The van der Waals surface area contributed by atoms with E-state index in [1.807, 2.05) is 19.1 Å².